The first-order valence-corrected chi connectivity index (χ1v) is 19.0. The number of rotatable bonds is 8. The number of hydrogen-bond donors (Lipinski definition) is 4. The maximum atomic E-state index is 13.0. The van der Waals surface area contributed by atoms with Crippen LogP contribution in [-0.2, 0) is 0 Å². The van der Waals surface area contributed by atoms with E-state index < -0.39 is 23.8 Å². The SMILES string of the molecule is CNC(=O)c1cc(-c2ccc(C(=O)O)c(C(=O)Nc3ccc(C)cc3)c2)ccc1C(=O)O.Cc1ccc(N2C(=O)c3ccc(-c4ccc5c(c4)C(=O)N(C)C5=O)cc3C2=O)cc1.[2HH]. The normalized spacial score (nSPS) is 12.6. The molecule has 14 nitrogen and oxygen atoms in total. The van der Waals surface area contributed by atoms with Gasteiger partial charge in [0, 0.05) is 21.2 Å². The summed E-state index contributed by atoms with van der Waals surface area (Å²) in [5.41, 5.74) is 6.25. The number of aromatic carboxylic acids is 2. The molecule has 8 rings (SSSR count). The third-order valence-corrected chi connectivity index (χ3v) is 10.5. The third kappa shape index (κ3) is 7.82. The van der Waals surface area contributed by atoms with E-state index in [1.165, 1.54) is 55.4 Å². The number of fused-ring (bicyclic) bond motifs is 2. The number of imide groups is 2. The Balaban J connectivity index is 0.000000207. The van der Waals surface area contributed by atoms with Gasteiger partial charge >= 0.3 is 11.9 Å². The van der Waals surface area contributed by atoms with Crippen molar-refractivity contribution in [2.45, 2.75) is 13.8 Å². The second-order valence-electron chi connectivity index (χ2n) is 14.5. The maximum Gasteiger partial charge on any atom is 0.336 e. The summed E-state index contributed by atoms with van der Waals surface area (Å²) < 4.78 is 0. The number of amides is 6. The van der Waals surface area contributed by atoms with Crippen molar-refractivity contribution in [3.8, 4) is 22.3 Å². The molecule has 0 unspecified atom stereocenters. The minimum atomic E-state index is -1.27. The fourth-order valence-electron chi connectivity index (χ4n) is 7.06. The van der Waals surface area contributed by atoms with Gasteiger partial charge in [0.05, 0.1) is 50.2 Å². The molecule has 2 aliphatic rings. The van der Waals surface area contributed by atoms with Crippen LogP contribution in [0.3, 0.4) is 0 Å². The lowest BCUT2D eigenvalue weighted by molar-refractivity contribution is 0.0680. The number of nitrogens with zero attached hydrogens (tertiary/aromatic N) is 2. The Morgan fingerprint density at radius 1 is 0.484 bits per heavy atom. The highest BCUT2D eigenvalue weighted by Crippen LogP contribution is 2.34. The molecular formula is C48H38N4O10. The van der Waals surface area contributed by atoms with Gasteiger partial charge in [-0.1, -0.05) is 59.7 Å². The number of hydrogen-bond acceptors (Lipinski definition) is 8. The molecule has 6 amide bonds. The minimum Gasteiger partial charge on any atom is -0.478 e. The van der Waals surface area contributed by atoms with Crippen LogP contribution in [0.25, 0.3) is 22.3 Å². The maximum absolute atomic E-state index is 13.0. The molecule has 14 heteroatoms. The molecule has 0 fully saturated rings. The predicted molar refractivity (Wildman–Crippen MR) is 231 cm³/mol. The molecule has 62 heavy (non-hydrogen) atoms. The van der Waals surface area contributed by atoms with Crippen molar-refractivity contribution in [3.05, 3.63) is 177 Å². The van der Waals surface area contributed by atoms with Gasteiger partial charge in [-0.2, -0.15) is 0 Å². The fourth-order valence-corrected chi connectivity index (χ4v) is 7.06. The van der Waals surface area contributed by atoms with Crippen molar-refractivity contribution in [2.24, 2.45) is 0 Å². The van der Waals surface area contributed by atoms with E-state index in [2.05, 4.69) is 10.6 Å². The Morgan fingerprint density at radius 3 is 1.39 bits per heavy atom. The van der Waals surface area contributed by atoms with Crippen LogP contribution >= 0.6 is 0 Å². The van der Waals surface area contributed by atoms with E-state index in [0.717, 1.165) is 16.0 Å². The van der Waals surface area contributed by atoms with Crippen molar-refractivity contribution in [2.75, 3.05) is 24.3 Å². The lowest BCUT2D eigenvalue weighted by Gasteiger charge is -2.13. The number of anilines is 2. The topological polar surface area (TPSA) is 208 Å². The van der Waals surface area contributed by atoms with Crippen LogP contribution in [0.2, 0.25) is 0 Å². The molecule has 0 aliphatic carbocycles. The van der Waals surface area contributed by atoms with Crippen LogP contribution in [-0.4, -0.2) is 76.6 Å². The summed E-state index contributed by atoms with van der Waals surface area (Å²) in [4.78, 5) is 101. The minimum absolute atomic E-state index is 0. The molecule has 0 saturated heterocycles. The highest BCUT2D eigenvalue weighted by atomic mass is 16.4. The zero-order chi connectivity index (χ0) is 44.6. The van der Waals surface area contributed by atoms with E-state index in [-0.39, 0.29) is 47.3 Å². The number of aryl methyl sites for hydroxylation is 2. The first-order chi connectivity index (χ1) is 29.6. The Hall–Kier alpha value is -8.52. The van der Waals surface area contributed by atoms with E-state index >= 15 is 0 Å². The molecule has 0 aromatic heterocycles. The van der Waals surface area contributed by atoms with Crippen molar-refractivity contribution in [3.63, 3.8) is 0 Å². The van der Waals surface area contributed by atoms with Gasteiger partial charge in [0.25, 0.3) is 35.4 Å². The zero-order valence-corrected chi connectivity index (χ0v) is 33.6. The summed E-state index contributed by atoms with van der Waals surface area (Å²) in [5, 5.41) is 23.9. The quantitative estimate of drug-likeness (QED) is 0.110. The van der Waals surface area contributed by atoms with Crippen LogP contribution in [0.15, 0.2) is 121 Å². The smallest absolute Gasteiger partial charge is 0.336 e. The lowest BCUT2D eigenvalue weighted by Crippen LogP contribution is -2.29. The molecule has 0 radical (unpaired) electrons. The van der Waals surface area contributed by atoms with Gasteiger partial charge in [-0.15, -0.1) is 0 Å². The van der Waals surface area contributed by atoms with Gasteiger partial charge in [0.1, 0.15) is 0 Å². The molecule has 0 atom stereocenters. The van der Waals surface area contributed by atoms with E-state index in [1.807, 2.05) is 38.1 Å². The van der Waals surface area contributed by atoms with E-state index in [0.29, 0.717) is 55.9 Å². The van der Waals surface area contributed by atoms with E-state index in [9.17, 15) is 48.6 Å². The van der Waals surface area contributed by atoms with E-state index in [4.69, 9.17) is 0 Å². The average Bonchev–Trinajstić information content (AvgIpc) is 3.65. The highest BCUT2D eigenvalue weighted by Gasteiger charge is 2.37. The number of nitrogens with one attached hydrogen (secondary N) is 2. The van der Waals surface area contributed by atoms with Gasteiger partial charge in [-0.3, -0.25) is 33.7 Å². The van der Waals surface area contributed by atoms with Crippen molar-refractivity contribution < 1.29 is 50.0 Å². The fraction of sp³-hybridized carbons (Fsp3) is 0.0833. The molecule has 0 spiro atoms. The molecule has 0 saturated carbocycles. The Morgan fingerprint density at radius 2 is 0.887 bits per heavy atom. The average molecular weight is 832 g/mol. The van der Waals surface area contributed by atoms with Gasteiger partial charge < -0.3 is 20.8 Å². The Bertz CT molecular complexity index is 2930. The summed E-state index contributed by atoms with van der Waals surface area (Å²) in [6.07, 6.45) is 0. The van der Waals surface area contributed by atoms with Crippen LogP contribution in [0, 0.1) is 13.8 Å². The molecule has 6 aromatic rings. The predicted octanol–water partition coefficient (Wildman–Crippen LogP) is 7.60. The molecule has 0 bridgehead atoms. The number of carbonyl (C=O) groups is 8. The van der Waals surface area contributed by atoms with Gasteiger partial charge in [-0.25, -0.2) is 14.5 Å². The molecule has 4 N–H and O–H groups in total. The van der Waals surface area contributed by atoms with Crippen molar-refractivity contribution >= 4 is 58.8 Å². The summed E-state index contributed by atoms with van der Waals surface area (Å²) in [7, 11) is 2.83. The molecular weight excluding hydrogens is 793 g/mol. The third-order valence-electron chi connectivity index (χ3n) is 10.5. The van der Waals surface area contributed by atoms with Gasteiger partial charge in [0.2, 0.25) is 0 Å². The van der Waals surface area contributed by atoms with E-state index in [1.54, 1.807) is 60.7 Å². The monoisotopic (exact) mass is 831 g/mol. The first-order valence-electron chi connectivity index (χ1n) is 19.0. The highest BCUT2D eigenvalue weighted by molar-refractivity contribution is 6.34. The molecule has 310 valence electrons. The molecule has 2 heterocycles. The van der Waals surface area contributed by atoms with Gasteiger partial charge in [0.15, 0.2) is 0 Å². The lowest BCUT2D eigenvalue weighted by atomic mass is 9.95. The largest absolute Gasteiger partial charge is 0.478 e. The van der Waals surface area contributed by atoms with Crippen LogP contribution in [0.1, 0.15) is 95.4 Å². The second-order valence-corrected chi connectivity index (χ2v) is 14.5. The summed E-state index contributed by atoms with van der Waals surface area (Å²) in [6.45, 7) is 3.84. The van der Waals surface area contributed by atoms with Gasteiger partial charge in [-0.05, 0) is 109 Å². The summed E-state index contributed by atoms with van der Waals surface area (Å²) >= 11 is 0. The standard InChI is InChI=1S/C24H20N2O6.C24H16N2O4.H2/c1-13-3-7-16(8-4-13)26-22(28)20-12-15(6-10-18(20)24(31)32)14-5-9-17(23(29)30)19(11-14)21(27)25-2;1-13-3-7-16(8-4-13)26-23(29)18-10-6-15(12-20(18)24(26)30)14-5-9-17-19(11-14)22(28)25(2)21(17)27;/h3-12H,1-2H3,(H,25,27)(H,26,28)(H,29,30)(H,31,32);3-12H,1-2H3;1H/i;;1+1. The molecule has 6 aromatic carbocycles. The van der Waals surface area contributed by atoms with Crippen molar-refractivity contribution in [1.82, 2.24) is 10.2 Å². The number of carbonyl (C=O) groups excluding carboxylic acids is 6. The van der Waals surface area contributed by atoms with Crippen LogP contribution in [0.4, 0.5) is 11.4 Å². The summed E-state index contributed by atoms with van der Waals surface area (Å²) in [5.74, 6) is -5.13. The Labute approximate surface area is 355 Å². The van der Waals surface area contributed by atoms with Crippen LogP contribution < -0.4 is 15.5 Å². The molecule has 2 aliphatic heterocycles. The zero-order valence-electron chi connectivity index (χ0n) is 33.6. The summed E-state index contributed by atoms with van der Waals surface area (Å²) in [6, 6.07) is 32.7. The second kappa shape index (κ2) is 16.6. The first kappa shape index (κ1) is 41.6. The number of carboxylic acids is 2. The number of carboxylic acid groups (broad SMARTS) is 2. The van der Waals surface area contributed by atoms with Crippen molar-refractivity contribution in [1.29, 1.82) is 0 Å². The Kier molecular flexibility index (Phi) is 11.2. The van der Waals surface area contributed by atoms with Crippen LogP contribution in [0.5, 0.6) is 0 Å². The number of benzene rings is 6.